The van der Waals surface area contributed by atoms with Gasteiger partial charge >= 0.3 is 0 Å². The van der Waals surface area contributed by atoms with Crippen molar-refractivity contribution in [2.75, 3.05) is 55.3 Å². The average Bonchev–Trinajstić information content (AvgIpc) is 2.91. The molecule has 0 atom stereocenters. The fourth-order valence-corrected chi connectivity index (χ4v) is 4.61. The quantitative estimate of drug-likeness (QED) is 0.442. The van der Waals surface area contributed by atoms with Crippen LogP contribution in [0.4, 0.5) is 0 Å². The third-order valence-electron chi connectivity index (χ3n) is 6.55. The van der Waals surface area contributed by atoms with Crippen molar-refractivity contribution >= 4 is 11.0 Å². The Balaban J connectivity index is 1.88. The first-order valence-corrected chi connectivity index (χ1v) is 11.9. The van der Waals surface area contributed by atoms with Crippen LogP contribution in [0.1, 0.15) is 18.4 Å². The van der Waals surface area contributed by atoms with Crippen molar-refractivity contribution in [2.24, 2.45) is 0 Å². The molecule has 2 heterocycles. The van der Waals surface area contributed by atoms with Gasteiger partial charge in [-0.3, -0.25) is 9.69 Å². The molecule has 0 amide bonds. The number of nitrogens with one attached hydrogen (secondary N) is 1. The second-order valence-electron chi connectivity index (χ2n) is 8.86. The molecule has 9 nitrogen and oxygen atoms in total. The van der Waals surface area contributed by atoms with E-state index in [1.807, 2.05) is 26.1 Å². The van der Waals surface area contributed by atoms with Crippen LogP contribution >= 0.6 is 0 Å². The van der Waals surface area contributed by atoms with E-state index in [9.17, 15) is 4.79 Å². The highest BCUT2D eigenvalue weighted by molar-refractivity contribution is 5.88. The molecular formula is C27H34N2O7. The minimum Gasteiger partial charge on any atom is -0.496 e. The first-order valence-electron chi connectivity index (χ1n) is 11.9. The number of nitrogens with zero attached hydrogens (tertiary/aromatic N) is 1. The van der Waals surface area contributed by atoms with Gasteiger partial charge in [-0.15, -0.1) is 0 Å². The van der Waals surface area contributed by atoms with Gasteiger partial charge in [-0.2, -0.15) is 0 Å². The lowest BCUT2D eigenvalue weighted by atomic mass is 10.1. The van der Waals surface area contributed by atoms with E-state index in [1.54, 1.807) is 12.1 Å². The Hall–Kier alpha value is -3.43. The van der Waals surface area contributed by atoms with E-state index in [0.717, 1.165) is 31.5 Å². The molecule has 0 unspecified atom stereocenters. The summed E-state index contributed by atoms with van der Waals surface area (Å²) < 4.78 is 34.6. The van der Waals surface area contributed by atoms with E-state index in [4.69, 9.17) is 28.1 Å². The van der Waals surface area contributed by atoms with Crippen LogP contribution in [0.3, 0.4) is 0 Å². The lowest BCUT2D eigenvalue weighted by molar-refractivity contribution is 0.0931. The van der Waals surface area contributed by atoms with Gasteiger partial charge in [0, 0.05) is 11.6 Å². The number of aryl methyl sites for hydroxylation is 1. The summed E-state index contributed by atoms with van der Waals surface area (Å²) in [5.74, 6) is 2.13. The summed E-state index contributed by atoms with van der Waals surface area (Å²) in [4.78, 5) is 16.0. The standard InChI is InChI=1S/C27H34N2O7/c1-16-11-19(31-3)23-20(12-16)36-25(17-13-21(32-4)26(34-6)22(14-17)33-5)27(24(23)30)35-15-29(2)18-7-9-28-10-8-18/h11-14,18,28H,7-10,15H2,1-6H3. The van der Waals surface area contributed by atoms with E-state index < -0.39 is 0 Å². The third-order valence-corrected chi connectivity index (χ3v) is 6.55. The first-order chi connectivity index (χ1) is 17.4. The monoisotopic (exact) mass is 498 g/mol. The molecule has 0 saturated carbocycles. The molecule has 1 saturated heterocycles. The summed E-state index contributed by atoms with van der Waals surface area (Å²) in [6.45, 7) is 4.06. The predicted octanol–water partition coefficient (Wildman–Crippen LogP) is 3.82. The van der Waals surface area contributed by atoms with Gasteiger partial charge in [-0.25, -0.2) is 0 Å². The zero-order chi connectivity index (χ0) is 25.8. The van der Waals surface area contributed by atoms with Crippen LogP contribution in [0.15, 0.2) is 33.5 Å². The van der Waals surface area contributed by atoms with E-state index in [-0.39, 0.29) is 23.7 Å². The van der Waals surface area contributed by atoms with Crippen molar-refractivity contribution in [3.8, 4) is 40.1 Å². The number of hydrogen-bond acceptors (Lipinski definition) is 9. The first kappa shape index (κ1) is 25.7. The fourth-order valence-electron chi connectivity index (χ4n) is 4.61. The Morgan fingerprint density at radius 3 is 2.14 bits per heavy atom. The molecule has 2 aromatic carbocycles. The molecule has 194 valence electrons. The molecular weight excluding hydrogens is 464 g/mol. The van der Waals surface area contributed by atoms with Gasteiger partial charge in [0.15, 0.2) is 17.3 Å². The Morgan fingerprint density at radius 2 is 1.56 bits per heavy atom. The Bertz CT molecular complexity index is 1260. The summed E-state index contributed by atoms with van der Waals surface area (Å²) in [6.07, 6.45) is 2.03. The van der Waals surface area contributed by atoms with Crippen LogP contribution in [0.5, 0.6) is 28.7 Å². The van der Waals surface area contributed by atoms with Crippen LogP contribution in [0.25, 0.3) is 22.3 Å². The molecule has 0 radical (unpaired) electrons. The van der Waals surface area contributed by atoms with Crippen molar-refractivity contribution < 1.29 is 28.1 Å². The van der Waals surface area contributed by atoms with Crippen LogP contribution in [0, 0.1) is 6.92 Å². The molecule has 1 fully saturated rings. The number of fused-ring (bicyclic) bond motifs is 1. The van der Waals surface area contributed by atoms with E-state index >= 15 is 0 Å². The highest BCUT2D eigenvalue weighted by Crippen LogP contribution is 2.43. The van der Waals surface area contributed by atoms with Gasteiger partial charge in [0.25, 0.3) is 0 Å². The second-order valence-corrected chi connectivity index (χ2v) is 8.86. The van der Waals surface area contributed by atoms with Gasteiger partial charge in [-0.1, -0.05) is 0 Å². The zero-order valence-electron chi connectivity index (χ0n) is 21.7. The normalized spacial score (nSPS) is 14.2. The van der Waals surface area contributed by atoms with Crippen molar-refractivity contribution in [1.82, 2.24) is 10.2 Å². The van der Waals surface area contributed by atoms with Gasteiger partial charge in [0.05, 0.1) is 28.4 Å². The topological polar surface area (TPSA) is 91.6 Å². The number of rotatable bonds is 9. The molecule has 0 aliphatic carbocycles. The molecule has 1 N–H and O–H groups in total. The zero-order valence-corrected chi connectivity index (χ0v) is 21.7. The lowest BCUT2D eigenvalue weighted by Gasteiger charge is -2.31. The van der Waals surface area contributed by atoms with Crippen LogP contribution in [-0.2, 0) is 0 Å². The third kappa shape index (κ3) is 4.94. The molecule has 9 heteroatoms. The molecule has 0 spiro atoms. The molecule has 3 aromatic rings. The largest absolute Gasteiger partial charge is 0.496 e. The van der Waals surface area contributed by atoms with Crippen molar-refractivity contribution in [3.05, 3.63) is 40.1 Å². The van der Waals surface area contributed by atoms with Gasteiger partial charge in [0.2, 0.25) is 16.9 Å². The Morgan fingerprint density at radius 1 is 0.917 bits per heavy atom. The van der Waals surface area contributed by atoms with Gasteiger partial charge in [0.1, 0.15) is 23.4 Å². The van der Waals surface area contributed by atoms with Crippen molar-refractivity contribution in [2.45, 2.75) is 25.8 Å². The Kier molecular flexibility index (Phi) is 7.91. The van der Waals surface area contributed by atoms with Crippen molar-refractivity contribution in [1.29, 1.82) is 0 Å². The second kappa shape index (κ2) is 11.1. The van der Waals surface area contributed by atoms with E-state index in [0.29, 0.717) is 45.6 Å². The highest BCUT2D eigenvalue weighted by Gasteiger charge is 2.25. The number of ether oxygens (including phenoxy) is 5. The Labute approximate surface area is 210 Å². The molecule has 36 heavy (non-hydrogen) atoms. The minimum atomic E-state index is -0.310. The predicted molar refractivity (Wildman–Crippen MR) is 138 cm³/mol. The number of methoxy groups -OCH3 is 4. The summed E-state index contributed by atoms with van der Waals surface area (Å²) in [7, 11) is 8.15. The van der Waals surface area contributed by atoms with Crippen LogP contribution < -0.4 is 34.4 Å². The maximum absolute atomic E-state index is 13.9. The number of hydrogen-bond donors (Lipinski definition) is 1. The van der Waals surface area contributed by atoms with E-state index in [2.05, 4.69) is 10.2 Å². The molecule has 1 aliphatic rings. The number of benzene rings is 2. The smallest absolute Gasteiger partial charge is 0.239 e. The maximum Gasteiger partial charge on any atom is 0.239 e. The molecule has 1 aromatic heterocycles. The summed E-state index contributed by atoms with van der Waals surface area (Å²) in [5.41, 5.74) is 1.55. The minimum absolute atomic E-state index is 0.0970. The maximum atomic E-state index is 13.9. The highest BCUT2D eigenvalue weighted by atomic mass is 16.5. The SMILES string of the molecule is COc1cc(-c2oc3cc(C)cc(OC)c3c(=O)c2OCN(C)C2CCNCC2)cc(OC)c1OC. The van der Waals surface area contributed by atoms with Gasteiger partial charge < -0.3 is 33.4 Å². The number of piperidine rings is 1. The van der Waals surface area contributed by atoms with Crippen LogP contribution in [-0.4, -0.2) is 66.2 Å². The van der Waals surface area contributed by atoms with E-state index in [1.165, 1.54) is 28.4 Å². The van der Waals surface area contributed by atoms with Crippen molar-refractivity contribution in [3.63, 3.8) is 0 Å². The lowest BCUT2D eigenvalue weighted by Crippen LogP contribution is -2.42. The summed E-state index contributed by atoms with van der Waals surface area (Å²) in [6, 6.07) is 7.46. The molecule has 1 aliphatic heterocycles. The fraction of sp³-hybridized carbons (Fsp3) is 0.444. The summed E-state index contributed by atoms with van der Waals surface area (Å²) >= 11 is 0. The van der Waals surface area contributed by atoms with Gasteiger partial charge in [-0.05, 0) is 69.7 Å². The van der Waals surface area contributed by atoms with Crippen LogP contribution in [0.2, 0.25) is 0 Å². The molecule has 4 rings (SSSR count). The molecule has 0 bridgehead atoms. The summed E-state index contributed by atoms with van der Waals surface area (Å²) in [5, 5.41) is 3.70. The average molecular weight is 499 g/mol.